The van der Waals surface area contributed by atoms with Crippen LogP contribution >= 0.6 is 0 Å². The molecule has 1 rings (SSSR count). The average Bonchev–Trinajstić information content (AvgIpc) is 2.39. The van der Waals surface area contributed by atoms with Gasteiger partial charge in [0.05, 0.1) is 7.11 Å². The molecular weight excluding hydrogens is 214 g/mol. The van der Waals surface area contributed by atoms with Crippen molar-refractivity contribution < 1.29 is 9.53 Å². The highest BCUT2D eigenvalue weighted by Gasteiger charge is 2.08. The zero-order chi connectivity index (χ0) is 12.7. The summed E-state index contributed by atoms with van der Waals surface area (Å²) in [4.78, 5) is 14.2. The molecule has 0 bridgehead atoms. The molecule has 0 aromatic heterocycles. The quantitative estimate of drug-likeness (QED) is 0.680. The Hall–Kier alpha value is -1.35. The second-order valence-electron chi connectivity index (χ2n) is 3.93. The van der Waals surface area contributed by atoms with Crippen LogP contribution in [0.5, 0.6) is 5.75 Å². The van der Waals surface area contributed by atoms with E-state index in [1.807, 2.05) is 18.2 Å². The Morgan fingerprint density at radius 3 is 2.59 bits per heavy atom. The van der Waals surface area contributed by atoms with E-state index in [0.29, 0.717) is 6.42 Å². The van der Waals surface area contributed by atoms with Crippen LogP contribution in [0.4, 0.5) is 0 Å². The lowest BCUT2D eigenvalue weighted by atomic mass is 10.1. The maximum atomic E-state index is 12.0. The van der Waals surface area contributed by atoms with Crippen molar-refractivity contribution >= 4 is 5.78 Å². The number of Topliss-reactive ketones (excluding diaryl/α,β-unsaturated/α-hetero) is 1. The third-order valence-corrected chi connectivity index (χ3v) is 2.94. The van der Waals surface area contributed by atoms with E-state index in [2.05, 4.69) is 18.7 Å². The van der Waals surface area contributed by atoms with Crippen LogP contribution < -0.4 is 4.74 Å². The number of hydrogen-bond acceptors (Lipinski definition) is 3. The fraction of sp³-hybridized carbons (Fsp3) is 0.500. The standard InChI is InChI=1S/C14H21NO2/c1-4-15(5-2)10-9-14(16)12-7-6-8-13(11-12)17-3/h6-8,11H,4-5,9-10H2,1-3H3. The Morgan fingerprint density at radius 2 is 2.00 bits per heavy atom. The summed E-state index contributed by atoms with van der Waals surface area (Å²) in [6.45, 7) is 7.02. The third-order valence-electron chi connectivity index (χ3n) is 2.94. The summed E-state index contributed by atoms with van der Waals surface area (Å²) in [7, 11) is 1.61. The Morgan fingerprint density at radius 1 is 1.29 bits per heavy atom. The van der Waals surface area contributed by atoms with E-state index in [1.165, 1.54) is 0 Å². The first-order chi connectivity index (χ1) is 8.21. The molecule has 0 saturated heterocycles. The molecule has 0 aliphatic rings. The second kappa shape index (κ2) is 7.07. The van der Waals surface area contributed by atoms with E-state index in [1.54, 1.807) is 13.2 Å². The summed E-state index contributed by atoms with van der Waals surface area (Å²) in [6, 6.07) is 7.34. The Bertz CT molecular complexity index is 359. The van der Waals surface area contributed by atoms with Crippen molar-refractivity contribution in [2.45, 2.75) is 20.3 Å². The number of nitrogens with zero attached hydrogens (tertiary/aromatic N) is 1. The second-order valence-corrected chi connectivity index (χ2v) is 3.93. The number of carbonyl (C=O) groups excluding carboxylic acids is 1. The van der Waals surface area contributed by atoms with Crippen LogP contribution in [-0.2, 0) is 0 Å². The number of ether oxygens (including phenoxy) is 1. The molecule has 0 N–H and O–H groups in total. The molecule has 94 valence electrons. The first-order valence-corrected chi connectivity index (χ1v) is 6.10. The van der Waals surface area contributed by atoms with E-state index >= 15 is 0 Å². The SMILES string of the molecule is CCN(CC)CCC(=O)c1cccc(OC)c1. The molecule has 3 nitrogen and oxygen atoms in total. The first-order valence-electron chi connectivity index (χ1n) is 6.10. The fourth-order valence-electron chi connectivity index (χ4n) is 1.74. The molecule has 0 aliphatic carbocycles. The van der Waals surface area contributed by atoms with Gasteiger partial charge in [0, 0.05) is 18.5 Å². The van der Waals surface area contributed by atoms with Crippen molar-refractivity contribution in [3.05, 3.63) is 29.8 Å². The summed E-state index contributed by atoms with van der Waals surface area (Å²) in [5, 5.41) is 0. The van der Waals surface area contributed by atoms with Crippen molar-refractivity contribution in [1.29, 1.82) is 0 Å². The van der Waals surface area contributed by atoms with Crippen LogP contribution in [0, 0.1) is 0 Å². The lowest BCUT2D eigenvalue weighted by Gasteiger charge is -2.17. The molecular formula is C14H21NO2. The van der Waals surface area contributed by atoms with E-state index < -0.39 is 0 Å². The van der Waals surface area contributed by atoms with Crippen molar-refractivity contribution in [3.63, 3.8) is 0 Å². The molecule has 0 atom stereocenters. The highest BCUT2D eigenvalue weighted by Crippen LogP contribution is 2.14. The number of benzene rings is 1. The van der Waals surface area contributed by atoms with Gasteiger partial charge in [0.1, 0.15) is 5.75 Å². The minimum absolute atomic E-state index is 0.177. The molecule has 3 heteroatoms. The van der Waals surface area contributed by atoms with Crippen molar-refractivity contribution in [1.82, 2.24) is 4.90 Å². The number of rotatable bonds is 7. The van der Waals surface area contributed by atoms with Gasteiger partial charge in [0.15, 0.2) is 5.78 Å². The predicted octanol–water partition coefficient (Wildman–Crippen LogP) is 2.61. The van der Waals surface area contributed by atoms with Crippen LogP contribution in [0.1, 0.15) is 30.6 Å². The zero-order valence-corrected chi connectivity index (χ0v) is 10.9. The van der Waals surface area contributed by atoms with Crippen molar-refractivity contribution in [2.75, 3.05) is 26.7 Å². The van der Waals surface area contributed by atoms with Gasteiger partial charge in [0.2, 0.25) is 0 Å². The summed E-state index contributed by atoms with van der Waals surface area (Å²) < 4.78 is 5.11. The van der Waals surface area contributed by atoms with Crippen LogP contribution in [0.2, 0.25) is 0 Å². The molecule has 17 heavy (non-hydrogen) atoms. The summed E-state index contributed by atoms with van der Waals surface area (Å²) >= 11 is 0. The fourth-order valence-corrected chi connectivity index (χ4v) is 1.74. The van der Waals surface area contributed by atoms with E-state index in [0.717, 1.165) is 30.9 Å². The topological polar surface area (TPSA) is 29.5 Å². The summed E-state index contributed by atoms with van der Waals surface area (Å²) in [5.74, 6) is 0.912. The monoisotopic (exact) mass is 235 g/mol. The number of methoxy groups -OCH3 is 1. The van der Waals surface area contributed by atoms with Crippen LogP contribution in [0.3, 0.4) is 0 Å². The predicted molar refractivity (Wildman–Crippen MR) is 69.7 cm³/mol. The van der Waals surface area contributed by atoms with Crippen molar-refractivity contribution in [3.8, 4) is 5.75 Å². The Labute approximate surface area is 103 Å². The molecule has 0 amide bonds. The van der Waals surface area contributed by atoms with Gasteiger partial charge >= 0.3 is 0 Å². The van der Waals surface area contributed by atoms with Gasteiger partial charge < -0.3 is 9.64 Å². The molecule has 0 heterocycles. The third kappa shape index (κ3) is 4.19. The minimum atomic E-state index is 0.177. The molecule has 0 saturated carbocycles. The van der Waals surface area contributed by atoms with Crippen LogP contribution in [0.25, 0.3) is 0 Å². The minimum Gasteiger partial charge on any atom is -0.497 e. The number of ketones is 1. The lowest BCUT2D eigenvalue weighted by molar-refractivity contribution is 0.0966. The van der Waals surface area contributed by atoms with Crippen LogP contribution in [-0.4, -0.2) is 37.4 Å². The Balaban J connectivity index is 2.57. The van der Waals surface area contributed by atoms with Gasteiger partial charge in [-0.15, -0.1) is 0 Å². The maximum absolute atomic E-state index is 12.0. The zero-order valence-electron chi connectivity index (χ0n) is 10.9. The lowest BCUT2D eigenvalue weighted by Crippen LogP contribution is -2.25. The summed E-state index contributed by atoms with van der Waals surface area (Å²) in [5.41, 5.74) is 0.733. The normalized spacial score (nSPS) is 10.6. The highest BCUT2D eigenvalue weighted by atomic mass is 16.5. The molecule has 0 spiro atoms. The molecule has 0 unspecified atom stereocenters. The molecule has 1 aromatic rings. The van der Waals surface area contributed by atoms with Gasteiger partial charge in [-0.1, -0.05) is 26.0 Å². The van der Waals surface area contributed by atoms with E-state index in [-0.39, 0.29) is 5.78 Å². The number of carbonyl (C=O) groups is 1. The van der Waals surface area contributed by atoms with Crippen LogP contribution in [0.15, 0.2) is 24.3 Å². The average molecular weight is 235 g/mol. The van der Waals surface area contributed by atoms with E-state index in [4.69, 9.17) is 4.74 Å². The van der Waals surface area contributed by atoms with Gasteiger partial charge in [-0.05, 0) is 25.2 Å². The first kappa shape index (κ1) is 13.7. The smallest absolute Gasteiger partial charge is 0.164 e. The molecule has 0 radical (unpaired) electrons. The molecule has 0 aliphatic heterocycles. The highest BCUT2D eigenvalue weighted by molar-refractivity contribution is 5.96. The maximum Gasteiger partial charge on any atom is 0.164 e. The van der Waals surface area contributed by atoms with Gasteiger partial charge in [0.25, 0.3) is 0 Å². The summed E-state index contributed by atoms with van der Waals surface area (Å²) in [6.07, 6.45) is 0.564. The van der Waals surface area contributed by atoms with Gasteiger partial charge in [-0.3, -0.25) is 4.79 Å². The van der Waals surface area contributed by atoms with Gasteiger partial charge in [-0.25, -0.2) is 0 Å². The Kier molecular flexibility index (Phi) is 5.70. The molecule has 0 fully saturated rings. The number of hydrogen-bond donors (Lipinski definition) is 0. The molecule has 1 aromatic carbocycles. The largest absolute Gasteiger partial charge is 0.497 e. The van der Waals surface area contributed by atoms with E-state index in [9.17, 15) is 4.79 Å². The van der Waals surface area contributed by atoms with Gasteiger partial charge in [-0.2, -0.15) is 0 Å². The van der Waals surface area contributed by atoms with Crippen molar-refractivity contribution in [2.24, 2.45) is 0 Å².